The van der Waals surface area contributed by atoms with Crippen molar-refractivity contribution in [1.29, 1.82) is 0 Å². The average Bonchev–Trinajstić information content (AvgIpc) is 3.29. The molecule has 11 heteroatoms. The molecule has 0 bridgehead atoms. The van der Waals surface area contributed by atoms with E-state index in [1.165, 1.54) is 36.4 Å². The minimum atomic E-state index is -3.94. The second-order valence-corrected chi connectivity index (χ2v) is 23.7. The highest BCUT2D eigenvalue weighted by atomic mass is 32.2. The Hall–Kier alpha value is -0.593. The summed E-state index contributed by atoms with van der Waals surface area (Å²) in [5.41, 5.74) is 0.823. The molecule has 2 heterocycles. The van der Waals surface area contributed by atoms with Crippen LogP contribution in [0.3, 0.4) is 0 Å². The molecule has 1 aromatic heterocycles. The Morgan fingerprint density at radius 3 is 2.55 bits per heavy atom. The molecule has 0 N–H and O–H groups in total. The van der Waals surface area contributed by atoms with Crippen molar-refractivity contribution in [2.24, 2.45) is 11.8 Å². The summed E-state index contributed by atoms with van der Waals surface area (Å²) in [6.07, 6.45) is 6.58. The first-order valence-corrected chi connectivity index (χ1v) is 21.6. The zero-order chi connectivity index (χ0) is 29.5. The number of fused-ring (bicyclic) bond motifs is 1. The lowest BCUT2D eigenvalue weighted by Crippen LogP contribution is -2.61. The van der Waals surface area contributed by atoms with Gasteiger partial charge in [0.1, 0.15) is 6.04 Å². The summed E-state index contributed by atoms with van der Waals surface area (Å²) < 4.78 is 37.2. The molecule has 1 atom stereocenters. The van der Waals surface area contributed by atoms with E-state index in [1.54, 1.807) is 47.0 Å². The van der Waals surface area contributed by atoms with Crippen LogP contribution in [-0.2, 0) is 19.2 Å². The molecule has 1 saturated carbocycles. The van der Waals surface area contributed by atoms with Crippen LogP contribution in [0.1, 0.15) is 73.6 Å². The summed E-state index contributed by atoms with van der Waals surface area (Å²) in [7, 11) is -6.45. The molecular formula is C29H46N2O4S4Si. The highest BCUT2D eigenvalue weighted by Gasteiger charge is 2.53. The molecule has 1 aliphatic heterocycles. The van der Waals surface area contributed by atoms with Crippen molar-refractivity contribution in [1.82, 2.24) is 9.29 Å². The molecule has 0 spiro atoms. The maximum atomic E-state index is 14.1. The maximum Gasteiger partial charge on any atom is 0.312 e. The van der Waals surface area contributed by atoms with E-state index in [1.807, 2.05) is 19.9 Å². The van der Waals surface area contributed by atoms with Crippen LogP contribution in [0, 0.1) is 11.8 Å². The third kappa shape index (κ3) is 6.64. The van der Waals surface area contributed by atoms with Crippen LogP contribution in [0.2, 0.25) is 18.1 Å². The number of aromatic nitrogens is 1. The predicted octanol–water partition coefficient (Wildman–Crippen LogP) is 8.04. The van der Waals surface area contributed by atoms with Crippen molar-refractivity contribution in [2.75, 3.05) is 18.1 Å². The Morgan fingerprint density at radius 2 is 1.90 bits per heavy atom. The fourth-order valence-electron chi connectivity index (χ4n) is 5.53. The Morgan fingerprint density at radius 1 is 1.23 bits per heavy atom. The molecule has 6 nitrogen and oxygen atoms in total. The lowest BCUT2D eigenvalue weighted by Gasteiger charge is -2.47. The number of hydrogen-bond acceptors (Lipinski definition) is 8. The molecule has 2 aromatic rings. The maximum absolute atomic E-state index is 14.1. The van der Waals surface area contributed by atoms with Crippen LogP contribution in [0.15, 0.2) is 27.4 Å². The summed E-state index contributed by atoms with van der Waals surface area (Å²) in [6.45, 7) is 16.9. The highest BCUT2D eigenvalue weighted by molar-refractivity contribution is 8.01. The van der Waals surface area contributed by atoms with Gasteiger partial charge in [0.05, 0.1) is 15.1 Å². The average molecular weight is 643 g/mol. The monoisotopic (exact) mass is 642 g/mol. The third-order valence-corrected chi connectivity index (χ3v) is 19.4. The van der Waals surface area contributed by atoms with Crippen LogP contribution in [-0.4, -0.2) is 60.8 Å². The molecule has 0 amide bonds. The van der Waals surface area contributed by atoms with Crippen molar-refractivity contribution in [2.45, 2.75) is 112 Å². The lowest BCUT2D eigenvalue weighted by atomic mass is 9.91. The summed E-state index contributed by atoms with van der Waals surface area (Å²) >= 11 is 4.99. The van der Waals surface area contributed by atoms with Gasteiger partial charge in [-0.3, -0.25) is 4.79 Å². The molecule has 4 rings (SSSR count). The molecule has 224 valence electrons. The van der Waals surface area contributed by atoms with Crippen LogP contribution >= 0.6 is 34.9 Å². The normalized spacial score (nSPS) is 21.7. The van der Waals surface area contributed by atoms with Crippen molar-refractivity contribution in [3.63, 3.8) is 0 Å². The van der Waals surface area contributed by atoms with Gasteiger partial charge in [0.2, 0.25) is 10.0 Å². The van der Waals surface area contributed by atoms with Crippen molar-refractivity contribution in [3.8, 4) is 0 Å². The van der Waals surface area contributed by atoms with Crippen LogP contribution in [0.5, 0.6) is 0 Å². The van der Waals surface area contributed by atoms with Gasteiger partial charge < -0.3 is 4.43 Å². The number of hydrogen-bond donors (Lipinski definition) is 0. The summed E-state index contributed by atoms with van der Waals surface area (Å²) in [6, 6.07) is 4.29. The van der Waals surface area contributed by atoms with Crippen molar-refractivity contribution < 1.29 is 17.6 Å². The van der Waals surface area contributed by atoms with Gasteiger partial charge in [-0.15, -0.1) is 11.3 Å². The van der Waals surface area contributed by atoms with Crippen LogP contribution < -0.4 is 0 Å². The molecule has 0 unspecified atom stereocenters. The standard InChI is InChI=1S/C29H46N2O4S4Si/c1-20(2)29(5,6)40(7,8)35-26(32)25-28(3,4)37-17-16-31(25)39(33,34)22-14-15-23-24(18-22)38-27(30-23)36-19-21-12-10-9-11-13-21/h14-15,18,20-21,25H,9-13,16-17,19H2,1-8H3/t25-/m0/s1. The predicted molar refractivity (Wildman–Crippen MR) is 174 cm³/mol. The number of sulfonamides is 1. The smallest absolute Gasteiger partial charge is 0.312 e. The molecular weight excluding hydrogens is 597 g/mol. The minimum Gasteiger partial charge on any atom is -0.518 e. The minimum absolute atomic E-state index is 0.164. The first-order chi connectivity index (χ1) is 18.6. The summed E-state index contributed by atoms with van der Waals surface area (Å²) in [5, 5.41) is -0.164. The fourth-order valence-corrected chi connectivity index (χ4v) is 13.3. The van der Waals surface area contributed by atoms with E-state index in [4.69, 9.17) is 9.41 Å². The molecule has 1 saturated heterocycles. The molecule has 40 heavy (non-hydrogen) atoms. The zero-order valence-corrected chi connectivity index (χ0v) is 29.5. The van der Waals surface area contributed by atoms with E-state index in [0.29, 0.717) is 11.7 Å². The van der Waals surface area contributed by atoms with Gasteiger partial charge in [0.15, 0.2) is 4.34 Å². The van der Waals surface area contributed by atoms with Crippen LogP contribution in [0.25, 0.3) is 10.2 Å². The zero-order valence-electron chi connectivity index (χ0n) is 25.3. The largest absolute Gasteiger partial charge is 0.518 e. The summed E-state index contributed by atoms with van der Waals surface area (Å²) in [5.74, 6) is 2.35. The fraction of sp³-hybridized carbons (Fsp3) is 0.724. The highest BCUT2D eigenvalue weighted by Crippen LogP contribution is 2.46. The first kappa shape index (κ1) is 32.3. The Balaban J connectivity index is 1.59. The third-order valence-electron chi connectivity index (χ3n) is 9.42. The first-order valence-electron chi connectivity index (χ1n) is 14.5. The number of nitrogens with zero attached hydrogens (tertiary/aromatic N) is 2. The van der Waals surface area contributed by atoms with Gasteiger partial charge in [-0.05, 0) is 74.9 Å². The second kappa shape index (κ2) is 12.2. The molecule has 1 aromatic carbocycles. The number of carbonyl (C=O) groups is 1. The molecule has 2 fully saturated rings. The summed E-state index contributed by atoms with van der Waals surface area (Å²) in [4.78, 5) is 18.9. The van der Waals surface area contributed by atoms with Crippen molar-refractivity contribution in [3.05, 3.63) is 18.2 Å². The van der Waals surface area contributed by atoms with Gasteiger partial charge in [-0.2, -0.15) is 16.1 Å². The van der Waals surface area contributed by atoms with E-state index >= 15 is 0 Å². The number of thioether (sulfide) groups is 2. The van der Waals surface area contributed by atoms with E-state index < -0.39 is 35.1 Å². The topological polar surface area (TPSA) is 76.6 Å². The number of carbonyl (C=O) groups excluding carboxylic acids is 1. The van der Waals surface area contributed by atoms with Gasteiger partial charge in [-0.1, -0.05) is 58.7 Å². The van der Waals surface area contributed by atoms with E-state index in [9.17, 15) is 13.2 Å². The Bertz CT molecular complexity index is 1320. The number of rotatable bonds is 9. The molecule has 1 aliphatic carbocycles. The van der Waals surface area contributed by atoms with Gasteiger partial charge in [0, 0.05) is 22.8 Å². The van der Waals surface area contributed by atoms with E-state index in [0.717, 1.165) is 26.2 Å². The number of thiazole rings is 1. The van der Waals surface area contributed by atoms with Crippen LogP contribution in [0.4, 0.5) is 0 Å². The van der Waals surface area contributed by atoms with Gasteiger partial charge in [-0.25, -0.2) is 13.4 Å². The Kier molecular flexibility index (Phi) is 9.85. The lowest BCUT2D eigenvalue weighted by molar-refractivity contribution is -0.140. The molecule has 2 aliphatic rings. The SMILES string of the molecule is CC(C)C(C)(C)[Si](C)(C)OC(=O)[C@@H]1N(S(=O)(=O)c2ccc3nc(SCC4CCCCC4)sc3c2)CCSC1(C)C. The second-order valence-electron chi connectivity index (χ2n) is 13.2. The Labute approximate surface area is 255 Å². The van der Waals surface area contributed by atoms with Crippen molar-refractivity contribution >= 4 is 69.4 Å². The molecule has 0 radical (unpaired) electrons. The number of benzene rings is 1. The van der Waals surface area contributed by atoms with Gasteiger partial charge in [0.25, 0.3) is 8.32 Å². The van der Waals surface area contributed by atoms with E-state index in [2.05, 4.69) is 40.8 Å². The quantitative estimate of drug-likeness (QED) is 0.202. The van der Waals surface area contributed by atoms with Gasteiger partial charge >= 0.3 is 5.97 Å². The van der Waals surface area contributed by atoms with E-state index in [-0.39, 0.29) is 16.5 Å².